The number of benzene rings is 2. The van der Waals surface area contributed by atoms with Crippen molar-refractivity contribution in [2.75, 3.05) is 6.54 Å². The summed E-state index contributed by atoms with van der Waals surface area (Å²) in [5, 5.41) is 16.5. The summed E-state index contributed by atoms with van der Waals surface area (Å²) in [5.74, 6) is 0.619. The molecule has 0 saturated carbocycles. The molecule has 0 spiro atoms. The van der Waals surface area contributed by atoms with E-state index in [1.165, 1.54) is 0 Å². The highest BCUT2D eigenvalue weighted by Crippen LogP contribution is 2.24. The summed E-state index contributed by atoms with van der Waals surface area (Å²) < 4.78 is 0. The zero-order valence-electron chi connectivity index (χ0n) is 15.3. The lowest BCUT2D eigenvalue weighted by atomic mass is 9.96. The molecule has 0 aliphatic carbocycles. The molecule has 0 saturated heterocycles. The molecule has 1 heterocycles. The number of thiazole rings is 1. The Labute approximate surface area is 167 Å². The van der Waals surface area contributed by atoms with Crippen molar-refractivity contribution in [3.05, 3.63) is 81.8 Å². The molecule has 0 unspecified atom stereocenters. The van der Waals surface area contributed by atoms with E-state index in [0.717, 1.165) is 26.9 Å². The fraction of sp³-hybridized carbons (Fsp3) is 0.238. The normalized spacial score (nSPS) is 13.1. The molecule has 6 heteroatoms. The predicted molar refractivity (Wildman–Crippen MR) is 111 cm³/mol. The molecule has 0 aliphatic heterocycles. The number of aliphatic hydroxyl groups is 1. The van der Waals surface area contributed by atoms with E-state index in [2.05, 4.69) is 15.7 Å². The van der Waals surface area contributed by atoms with Gasteiger partial charge in [0.05, 0.1) is 17.2 Å². The van der Waals surface area contributed by atoms with Crippen molar-refractivity contribution in [3.63, 3.8) is 0 Å². The quantitative estimate of drug-likeness (QED) is 0.580. The third-order valence-electron chi connectivity index (χ3n) is 4.16. The molecular formula is C21H22N2O2S2. The van der Waals surface area contributed by atoms with E-state index in [1.54, 1.807) is 42.2 Å². The summed E-state index contributed by atoms with van der Waals surface area (Å²) >= 11 is 3.35. The summed E-state index contributed by atoms with van der Waals surface area (Å²) in [7, 11) is 0. The van der Waals surface area contributed by atoms with Crippen molar-refractivity contribution >= 4 is 29.0 Å². The number of nitrogens with one attached hydrogen (secondary N) is 1. The van der Waals surface area contributed by atoms with Gasteiger partial charge in [0, 0.05) is 21.6 Å². The molecular weight excluding hydrogens is 376 g/mol. The average molecular weight is 399 g/mol. The van der Waals surface area contributed by atoms with Crippen molar-refractivity contribution < 1.29 is 9.90 Å². The van der Waals surface area contributed by atoms with Gasteiger partial charge in [-0.25, -0.2) is 4.98 Å². The van der Waals surface area contributed by atoms with Crippen LogP contribution in [0.2, 0.25) is 0 Å². The van der Waals surface area contributed by atoms with Gasteiger partial charge in [-0.3, -0.25) is 4.79 Å². The Kier molecular flexibility index (Phi) is 6.31. The number of aryl methyl sites for hydroxylation is 1. The molecule has 3 rings (SSSR count). The summed E-state index contributed by atoms with van der Waals surface area (Å²) in [4.78, 5) is 17.9. The van der Waals surface area contributed by atoms with Gasteiger partial charge in [0.2, 0.25) is 0 Å². The maximum Gasteiger partial charge on any atom is 0.251 e. The molecule has 0 fully saturated rings. The summed E-state index contributed by atoms with van der Waals surface area (Å²) in [6, 6.07) is 16.8. The molecule has 0 radical (unpaired) electrons. The van der Waals surface area contributed by atoms with Crippen molar-refractivity contribution in [3.8, 4) is 0 Å². The number of hydrogen-bond donors (Lipinski definition) is 2. The highest BCUT2D eigenvalue weighted by molar-refractivity contribution is 7.98. The third kappa shape index (κ3) is 5.42. The van der Waals surface area contributed by atoms with E-state index in [9.17, 15) is 9.90 Å². The van der Waals surface area contributed by atoms with Gasteiger partial charge in [-0.1, -0.05) is 30.3 Å². The average Bonchev–Trinajstić information content (AvgIpc) is 3.11. The molecule has 2 N–H and O–H groups in total. The summed E-state index contributed by atoms with van der Waals surface area (Å²) in [6.45, 7) is 3.85. The zero-order chi connectivity index (χ0) is 19.3. The number of amides is 1. The van der Waals surface area contributed by atoms with Crippen LogP contribution in [0.3, 0.4) is 0 Å². The van der Waals surface area contributed by atoms with E-state index in [-0.39, 0.29) is 12.5 Å². The molecule has 0 aliphatic rings. The fourth-order valence-electron chi connectivity index (χ4n) is 2.59. The first kappa shape index (κ1) is 19.6. The number of carbonyl (C=O) groups excluding carboxylic acids is 1. The maximum absolute atomic E-state index is 12.4. The minimum atomic E-state index is -1.11. The smallest absolute Gasteiger partial charge is 0.251 e. The number of rotatable bonds is 7. The first-order chi connectivity index (χ1) is 12.9. The molecule has 0 bridgehead atoms. The minimum absolute atomic E-state index is 0.148. The van der Waals surface area contributed by atoms with Crippen LogP contribution in [0.15, 0.2) is 64.9 Å². The lowest BCUT2D eigenvalue weighted by Crippen LogP contribution is -2.38. The Bertz CT molecular complexity index is 890. The van der Waals surface area contributed by atoms with Gasteiger partial charge < -0.3 is 10.4 Å². The Hall–Kier alpha value is -2.15. The van der Waals surface area contributed by atoms with E-state index < -0.39 is 5.60 Å². The minimum Gasteiger partial charge on any atom is -0.384 e. The van der Waals surface area contributed by atoms with Crippen LogP contribution in [0.5, 0.6) is 0 Å². The van der Waals surface area contributed by atoms with E-state index >= 15 is 0 Å². The van der Waals surface area contributed by atoms with Crippen molar-refractivity contribution in [2.24, 2.45) is 0 Å². The van der Waals surface area contributed by atoms with E-state index in [0.29, 0.717) is 5.56 Å². The van der Waals surface area contributed by atoms with Gasteiger partial charge in [0.25, 0.3) is 5.91 Å². The van der Waals surface area contributed by atoms with Crippen LogP contribution in [0, 0.1) is 6.92 Å². The van der Waals surface area contributed by atoms with Crippen LogP contribution < -0.4 is 5.32 Å². The van der Waals surface area contributed by atoms with Gasteiger partial charge in [-0.2, -0.15) is 0 Å². The molecule has 4 nitrogen and oxygen atoms in total. The van der Waals surface area contributed by atoms with Gasteiger partial charge in [0.1, 0.15) is 5.60 Å². The number of thioether (sulfide) groups is 1. The zero-order valence-corrected chi connectivity index (χ0v) is 16.9. The van der Waals surface area contributed by atoms with E-state index in [1.807, 2.05) is 49.4 Å². The first-order valence-corrected chi connectivity index (χ1v) is 10.5. The second-order valence-corrected chi connectivity index (χ2v) is 8.60. The monoisotopic (exact) mass is 398 g/mol. The topological polar surface area (TPSA) is 62.2 Å². The molecule has 27 heavy (non-hydrogen) atoms. The first-order valence-electron chi connectivity index (χ1n) is 8.64. The van der Waals surface area contributed by atoms with Crippen LogP contribution >= 0.6 is 23.1 Å². The van der Waals surface area contributed by atoms with Gasteiger partial charge in [-0.15, -0.1) is 23.1 Å². The molecule has 3 aromatic rings. The molecule has 1 atom stereocenters. The summed E-state index contributed by atoms with van der Waals surface area (Å²) in [6.07, 6.45) is 0. The lowest BCUT2D eigenvalue weighted by molar-refractivity contribution is 0.0526. The van der Waals surface area contributed by atoms with Crippen LogP contribution in [0.25, 0.3) is 0 Å². The standard InChI is InChI=1S/C21H22N2O2S2/c1-15-23-18(12-26-15)13-27-19-10-8-16(9-11-19)20(24)22-14-21(2,25)17-6-4-3-5-7-17/h3-12,25H,13-14H2,1-2H3,(H,22,24)/t21-/m0/s1. The van der Waals surface area contributed by atoms with Crippen LogP contribution in [0.1, 0.15) is 33.5 Å². The second kappa shape index (κ2) is 8.69. The van der Waals surface area contributed by atoms with Gasteiger partial charge >= 0.3 is 0 Å². The Morgan fingerprint density at radius 2 is 1.89 bits per heavy atom. The highest BCUT2D eigenvalue weighted by atomic mass is 32.2. The maximum atomic E-state index is 12.4. The highest BCUT2D eigenvalue weighted by Gasteiger charge is 2.23. The van der Waals surface area contributed by atoms with Crippen LogP contribution in [-0.4, -0.2) is 22.5 Å². The van der Waals surface area contributed by atoms with Crippen molar-refractivity contribution in [1.82, 2.24) is 10.3 Å². The lowest BCUT2D eigenvalue weighted by Gasteiger charge is -2.24. The third-order valence-corrected chi connectivity index (χ3v) is 6.03. The molecule has 140 valence electrons. The second-order valence-electron chi connectivity index (χ2n) is 6.49. The predicted octanol–water partition coefficient (Wildman–Crippen LogP) is 4.38. The Morgan fingerprint density at radius 3 is 2.52 bits per heavy atom. The van der Waals surface area contributed by atoms with Crippen molar-refractivity contribution in [1.29, 1.82) is 0 Å². The number of nitrogens with zero attached hydrogens (tertiary/aromatic N) is 1. The number of aromatic nitrogens is 1. The van der Waals surface area contributed by atoms with Crippen molar-refractivity contribution in [2.45, 2.75) is 30.1 Å². The summed E-state index contributed by atoms with van der Waals surface area (Å²) in [5.41, 5.74) is 1.31. The largest absolute Gasteiger partial charge is 0.384 e. The number of carbonyl (C=O) groups is 1. The van der Waals surface area contributed by atoms with Crippen LogP contribution in [0.4, 0.5) is 0 Å². The Morgan fingerprint density at radius 1 is 1.19 bits per heavy atom. The molecule has 2 aromatic carbocycles. The number of hydrogen-bond acceptors (Lipinski definition) is 5. The van der Waals surface area contributed by atoms with Gasteiger partial charge in [-0.05, 0) is 43.7 Å². The van der Waals surface area contributed by atoms with Gasteiger partial charge in [0.15, 0.2) is 0 Å². The molecule has 1 aromatic heterocycles. The van der Waals surface area contributed by atoms with E-state index in [4.69, 9.17) is 0 Å². The van der Waals surface area contributed by atoms with Crippen LogP contribution in [-0.2, 0) is 11.4 Å². The fourth-order valence-corrected chi connectivity index (χ4v) is 4.10. The molecule has 1 amide bonds. The SMILES string of the molecule is Cc1nc(CSc2ccc(C(=O)NC[C@](C)(O)c3ccccc3)cc2)cs1. The Balaban J connectivity index is 1.54.